The van der Waals surface area contributed by atoms with Crippen LogP contribution in [0.2, 0.25) is 0 Å². The summed E-state index contributed by atoms with van der Waals surface area (Å²) in [7, 11) is 1.68. The number of quaternary nitrogens is 2. The van der Waals surface area contributed by atoms with Crippen LogP contribution < -0.4 is 14.5 Å². The van der Waals surface area contributed by atoms with E-state index in [-0.39, 0.29) is 17.9 Å². The second kappa shape index (κ2) is 9.82. The van der Waals surface area contributed by atoms with Gasteiger partial charge in [-0.3, -0.25) is 4.79 Å². The number of hydrogen-bond acceptors (Lipinski definition) is 5. The summed E-state index contributed by atoms with van der Waals surface area (Å²) in [5.41, 5.74) is 1.19. The van der Waals surface area contributed by atoms with Crippen LogP contribution in [0, 0.1) is 0 Å². The van der Waals surface area contributed by atoms with Gasteiger partial charge in [0.25, 0.3) is 0 Å². The van der Waals surface area contributed by atoms with Crippen molar-refractivity contribution in [1.29, 1.82) is 0 Å². The number of ether oxygens (including phenoxy) is 3. The molecule has 3 heterocycles. The molecule has 2 fully saturated rings. The zero-order valence-electron chi connectivity index (χ0n) is 16.9. The van der Waals surface area contributed by atoms with Gasteiger partial charge in [-0.05, 0) is 35.7 Å². The Balaban J connectivity index is 1.74. The molecule has 29 heavy (non-hydrogen) atoms. The minimum absolute atomic E-state index is 0.0764. The first-order valence-corrected chi connectivity index (χ1v) is 11.2. The summed E-state index contributed by atoms with van der Waals surface area (Å²) in [6.45, 7) is 6.43. The standard InChI is InChI=1S/C22H28N2O4S/c1-26-18-6-4-17(5-7-18)20(23-8-12-27-13-9-23)21(24-10-14-28-15-11-24)22(25)19-3-2-16-29-19/h2-7,16,20-21H,8-15H2,1H3/p+2/t20-,21+/m1/s1. The lowest BCUT2D eigenvalue weighted by atomic mass is 9.91. The molecule has 2 aliphatic rings. The Morgan fingerprint density at radius 1 is 0.966 bits per heavy atom. The van der Waals surface area contributed by atoms with E-state index in [0.717, 1.165) is 50.0 Å². The molecule has 0 bridgehead atoms. The maximum Gasteiger partial charge on any atom is 0.236 e. The van der Waals surface area contributed by atoms with Crippen molar-refractivity contribution in [3.8, 4) is 5.75 Å². The zero-order chi connectivity index (χ0) is 20.1. The van der Waals surface area contributed by atoms with Gasteiger partial charge < -0.3 is 24.0 Å². The van der Waals surface area contributed by atoms with Gasteiger partial charge in [-0.2, -0.15) is 0 Å². The largest absolute Gasteiger partial charge is 0.497 e. The second-order valence-electron chi connectivity index (χ2n) is 7.61. The van der Waals surface area contributed by atoms with Crippen molar-refractivity contribution in [2.24, 2.45) is 0 Å². The van der Waals surface area contributed by atoms with Crippen molar-refractivity contribution in [1.82, 2.24) is 0 Å². The van der Waals surface area contributed by atoms with Crippen LogP contribution in [0.5, 0.6) is 5.75 Å². The van der Waals surface area contributed by atoms with Crippen molar-refractivity contribution in [3.63, 3.8) is 0 Å². The van der Waals surface area contributed by atoms with E-state index in [4.69, 9.17) is 14.2 Å². The Morgan fingerprint density at radius 2 is 1.59 bits per heavy atom. The van der Waals surface area contributed by atoms with Gasteiger partial charge in [-0.15, -0.1) is 11.3 Å². The first-order chi connectivity index (χ1) is 14.3. The second-order valence-corrected chi connectivity index (χ2v) is 8.56. The van der Waals surface area contributed by atoms with Crippen molar-refractivity contribution in [2.75, 3.05) is 59.7 Å². The van der Waals surface area contributed by atoms with E-state index in [2.05, 4.69) is 12.1 Å². The summed E-state index contributed by atoms with van der Waals surface area (Å²) in [6.07, 6.45) is 0. The maximum absolute atomic E-state index is 13.8. The quantitative estimate of drug-likeness (QED) is 0.616. The van der Waals surface area contributed by atoms with Crippen molar-refractivity contribution >= 4 is 17.1 Å². The lowest BCUT2D eigenvalue weighted by Gasteiger charge is -2.39. The van der Waals surface area contributed by atoms with Gasteiger partial charge in [0.2, 0.25) is 11.8 Å². The third kappa shape index (κ3) is 4.70. The minimum atomic E-state index is -0.140. The Hall–Kier alpha value is -1.77. The number of ketones is 1. The van der Waals surface area contributed by atoms with Gasteiger partial charge in [-0.25, -0.2) is 0 Å². The molecular formula is C22H30N2O4S+2. The Kier molecular flexibility index (Phi) is 6.94. The molecule has 0 radical (unpaired) electrons. The van der Waals surface area contributed by atoms with E-state index in [1.807, 2.05) is 29.6 Å². The van der Waals surface area contributed by atoms with Crippen LogP contribution in [-0.2, 0) is 9.47 Å². The molecule has 2 saturated heterocycles. The fraction of sp³-hybridized carbons (Fsp3) is 0.500. The van der Waals surface area contributed by atoms with Crippen molar-refractivity contribution < 1.29 is 28.8 Å². The highest BCUT2D eigenvalue weighted by Gasteiger charge is 2.46. The molecule has 6 nitrogen and oxygen atoms in total. The Bertz CT molecular complexity index is 769. The molecule has 2 atom stereocenters. The summed E-state index contributed by atoms with van der Waals surface area (Å²) in [6, 6.07) is 12.1. The highest BCUT2D eigenvalue weighted by molar-refractivity contribution is 7.12. The van der Waals surface area contributed by atoms with E-state index in [9.17, 15) is 4.79 Å². The SMILES string of the molecule is COc1ccc([C@H]([C@@H](C(=O)c2cccs2)[NH+]2CCOCC2)[NH+]2CCOCC2)cc1. The van der Waals surface area contributed by atoms with Crippen LogP contribution in [-0.4, -0.2) is 71.5 Å². The van der Waals surface area contributed by atoms with Gasteiger partial charge in [0.1, 0.15) is 31.9 Å². The smallest absolute Gasteiger partial charge is 0.236 e. The fourth-order valence-corrected chi connectivity index (χ4v) is 5.21. The molecule has 0 saturated carbocycles. The zero-order valence-corrected chi connectivity index (χ0v) is 17.7. The molecule has 0 amide bonds. The summed E-state index contributed by atoms with van der Waals surface area (Å²) in [5, 5.41) is 1.99. The van der Waals surface area contributed by atoms with Crippen LogP contribution in [0.25, 0.3) is 0 Å². The minimum Gasteiger partial charge on any atom is -0.497 e. The topological polar surface area (TPSA) is 53.6 Å². The molecule has 7 heteroatoms. The number of carbonyl (C=O) groups is 1. The van der Waals surface area contributed by atoms with Crippen LogP contribution in [0.4, 0.5) is 0 Å². The average molecular weight is 419 g/mol. The number of benzene rings is 1. The average Bonchev–Trinajstić information content (AvgIpc) is 3.33. The maximum atomic E-state index is 13.8. The van der Waals surface area contributed by atoms with E-state index in [0.29, 0.717) is 13.2 Å². The van der Waals surface area contributed by atoms with Crippen molar-refractivity contribution in [3.05, 3.63) is 52.2 Å². The van der Waals surface area contributed by atoms with Crippen LogP contribution in [0.15, 0.2) is 41.8 Å². The van der Waals surface area contributed by atoms with Crippen LogP contribution in [0.3, 0.4) is 0 Å². The normalized spacial score (nSPS) is 20.9. The lowest BCUT2D eigenvalue weighted by molar-refractivity contribution is -0.999. The number of rotatable bonds is 7. The van der Waals surface area contributed by atoms with Gasteiger partial charge in [0.15, 0.2) is 6.04 Å². The number of nitrogens with one attached hydrogen (secondary N) is 2. The third-order valence-electron chi connectivity index (χ3n) is 6.00. The van der Waals surface area contributed by atoms with Gasteiger partial charge in [-0.1, -0.05) is 6.07 Å². The predicted octanol–water partition coefficient (Wildman–Crippen LogP) is -0.120. The van der Waals surface area contributed by atoms with E-state index in [1.165, 1.54) is 15.4 Å². The van der Waals surface area contributed by atoms with E-state index < -0.39 is 0 Å². The fourth-order valence-electron chi connectivity index (χ4n) is 4.51. The molecule has 156 valence electrons. The van der Waals surface area contributed by atoms with Crippen LogP contribution >= 0.6 is 11.3 Å². The molecule has 1 aromatic heterocycles. The summed E-state index contributed by atoms with van der Waals surface area (Å²) in [5.74, 6) is 1.08. The summed E-state index contributed by atoms with van der Waals surface area (Å²) >= 11 is 1.54. The van der Waals surface area contributed by atoms with E-state index in [1.54, 1.807) is 18.4 Å². The Labute approximate surface area is 176 Å². The van der Waals surface area contributed by atoms with Crippen LogP contribution in [0.1, 0.15) is 21.3 Å². The number of hydrogen-bond donors (Lipinski definition) is 2. The summed E-state index contributed by atoms with van der Waals surface area (Å²) in [4.78, 5) is 17.4. The van der Waals surface area contributed by atoms with Crippen molar-refractivity contribution in [2.45, 2.75) is 12.1 Å². The first-order valence-electron chi connectivity index (χ1n) is 10.3. The molecule has 4 rings (SSSR count). The lowest BCUT2D eigenvalue weighted by Crippen LogP contribution is -3.25. The molecular weight excluding hydrogens is 388 g/mol. The highest BCUT2D eigenvalue weighted by atomic mass is 32.1. The first kappa shape index (κ1) is 20.5. The molecule has 0 aliphatic carbocycles. The molecule has 2 N–H and O–H groups in total. The number of morpholine rings is 2. The Morgan fingerprint density at radius 3 is 2.14 bits per heavy atom. The molecule has 1 aromatic carbocycles. The predicted molar refractivity (Wildman–Crippen MR) is 111 cm³/mol. The van der Waals surface area contributed by atoms with Gasteiger partial charge in [0, 0.05) is 5.56 Å². The molecule has 0 unspecified atom stereocenters. The van der Waals surface area contributed by atoms with Gasteiger partial charge >= 0.3 is 0 Å². The molecule has 2 aromatic rings. The van der Waals surface area contributed by atoms with Gasteiger partial charge in [0.05, 0.1) is 38.4 Å². The monoisotopic (exact) mass is 418 g/mol. The number of Topliss-reactive ketones (excluding diaryl/α,β-unsaturated/α-hetero) is 1. The number of carbonyl (C=O) groups excluding carboxylic acids is 1. The summed E-state index contributed by atoms with van der Waals surface area (Å²) < 4.78 is 16.6. The molecule has 0 spiro atoms. The number of methoxy groups -OCH3 is 1. The molecule has 2 aliphatic heterocycles. The van der Waals surface area contributed by atoms with E-state index >= 15 is 0 Å². The third-order valence-corrected chi connectivity index (χ3v) is 6.89. The number of thiophene rings is 1. The highest BCUT2D eigenvalue weighted by Crippen LogP contribution is 2.22.